The minimum Gasteiger partial charge on any atom is -0.436 e. The van der Waals surface area contributed by atoms with Crippen LogP contribution < -0.4 is 16.0 Å². The van der Waals surface area contributed by atoms with E-state index in [1.54, 1.807) is 24.3 Å². The van der Waals surface area contributed by atoms with Gasteiger partial charge in [-0.25, -0.2) is 13.6 Å². The number of alkyl carbamates (subject to hydrolysis) is 1. The molecule has 1 heterocycles. The highest BCUT2D eigenvalue weighted by molar-refractivity contribution is 6.04. The number of ether oxygens (including phenoxy) is 1. The largest absolute Gasteiger partial charge is 0.436 e. The van der Waals surface area contributed by atoms with Crippen LogP contribution in [0.25, 0.3) is 11.1 Å². The van der Waals surface area contributed by atoms with Crippen molar-refractivity contribution < 1.29 is 27.9 Å². The number of anilines is 1. The summed E-state index contributed by atoms with van der Waals surface area (Å²) in [6.45, 7) is 1.01. The van der Waals surface area contributed by atoms with Gasteiger partial charge in [-0.05, 0) is 24.1 Å². The standard InChI is InChI=1S/C21H21F2N3O4/c1-12(30-20(29)24-11-21(2,22)23)18(27)26-17-15-9-4-3-7-13(15)14-8-5-6-10-16(14)25-19(17)28/h3-10,12,17H,11H2,1-2H3,(H,24,29)(H,25,28)(H,26,27)/t12-,17-/m0/s1. The molecule has 2 aromatic carbocycles. The van der Waals surface area contributed by atoms with Gasteiger partial charge in [0.1, 0.15) is 6.04 Å². The van der Waals surface area contributed by atoms with E-state index < -0.39 is 42.5 Å². The quantitative estimate of drug-likeness (QED) is 0.696. The Morgan fingerprint density at radius 2 is 1.77 bits per heavy atom. The second-order valence-electron chi connectivity index (χ2n) is 7.03. The number of carbonyl (C=O) groups is 3. The summed E-state index contributed by atoms with van der Waals surface area (Å²) in [5.74, 6) is -4.31. The van der Waals surface area contributed by atoms with Crippen molar-refractivity contribution in [3.63, 3.8) is 0 Å². The molecule has 158 valence electrons. The molecule has 3 N–H and O–H groups in total. The van der Waals surface area contributed by atoms with Crippen molar-refractivity contribution in [2.45, 2.75) is 31.9 Å². The maximum absolute atomic E-state index is 12.8. The van der Waals surface area contributed by atoms with E-state index in [4.69, 9.17) is 4.74 Å². The van der Waals surface area contributed by atoms with E-state index in [2.05, 4.69) is 10.6 Å². The molecule has 1 aliphatic rings. The third kappa shape index (κ3) is 4.91. The van der Waals surface area contributed by atoms with Crippen LogP contribution >= 0.6 is 0 Å². The van der Waals surface area contributed by atoms with Crippen molar-refractivity contribution in [2.24, 2.45) is 0 Å². The van der Waals surface area contributed by atoms with Gasteiger partial charge in [-0.2, -0.15) is 0 Å². The minimum absolute atomic E-state index is 0.456. The van der Waals surface area contributed by atoms with Crippen LogP contribution in [0.1, 0.15) is 25.5 Å². The van der Waals surface area contributed by atoms with E-state index in [9.17, 15) is 23.2 Å². The van der Waals surface area contributed by atoms with Crippen LogP contribution in [0.4, 0.5) is 19.3 Å². The Balaban J connectivity index is 1.75. The number of amides is 3. The van der Waals surface area contributed by atoms with Gasteiger partial charge in [-0.15, -0.1) is 0 Å². The molecule has 7 nitrogen and oxygen atoms in total. The molecule has 30 heavy (non-hydrogen) atoms. The van der Waals surface area contributed by atoms with E-state index in [0.29, 0.717) is 18.2 Å². The first-order valence-electron chi connectivity index (χ1n) is 9.27. The zero-order valence-electron chi connectivity index (χ0n) is 16.4. The summed E-state index contributed by atoms with van der Waals surface area (Å²) in [6.07, 6.45) is -2.46. The Hall–Kier alpha value is -3.49. The third-order valence-electron chi connectivity index (χ3n) is 4.49. The molecule has 1 aliphatic heterocycles. The van der Waals surface area contributed by atoms with E-state index >= 15 is 0 Å². The van der Waals surface area contributed by atoms with Crippen molar-refractivity contribution in [3.05, 3.63) is 54.1 Å². The summed E-state index contributed by atoms with van der Waals surface area (Å²) >= 11 is 0. The zero-order chi connectivity index (χ0) is 21.9. The Bertz CT molecular complexity index is 975. The average molecular weight is 417 g/mol. The highest BCUT2D eigenvalue weighted by Gasteiger charge is 2.32. The molecule has 9 heteroatoms. The molecule has 3 rings (SSSR count). The number of hydrogen-bond donors (Lipinski definition) is 3. The SMILES string of the molecule is C[C@H](OC(=O)NCC(C)(F)F)C(=O)N[C@@H]1C(=O)Nc2ccccc2-c2ccccc21. The molecule has 0 saturated heterocycles. The molecule has 3 amide bonds. The van der Waals surface area contributed by atoms with Gasteiger partial charge in [0, 0.05) is 18.2 Å². The van der Waals surface area contributed by atoms with Crippen LogP contribution in [0.2, 0.25) is 0 Å². The summed E-state index contributed by atoms with van der Waals surface area (Å²) in [4.78, 5) is 37.0. The fourth-order valence-corrected chi connectivity index (χ4v) is 3.05. The molecule has 2 aromatic rings. The number of fused-ring (bicyclic) bond motifs is 3. The Morgan fingerprint density at radius 1 is 1.13 bits per heavy atom. The van der Waals surface area contributed by atoms with Crippen molar-refractivity contribution >= 4 is 23.6 Å². The number of hydrogen-bond acceptors (Lipinski definition) is 4. The second-order valence-corrected chi connectivity index (χ2v) is 7.03. The van der Waals surface area contributed by atoms with Crippen molar-refractivity contribution in [3.8, 4) is 11.1 Å². The summed E-state index contributed by atoms with van der Waals surface area (Å²) < 4.78 is 30.5. The monoisotopic (exact) mass is 417 g/mol. The van der Waals surface area contributed by atoms with Crippen LogP contribution in [0, 0.1) is 0 Å². The summed E-state index contributed by atoms with van der Waals surface area (Å²) in [5, 5.41) is 7.25. The van der Waals surface area contributed by atoms with Crippen molar-refractivity contribution in [1.82, 2.24) is 10.6 Å². The lowest BCUT2D eigenvalue weighted by atomic mass is 9.95. The molecular weight excluding hydrogens is 396 g/mol. The second kappa shape index (κ2) is 8.48. The molecule has 0 bridgehead atoms. The summed E-state index contributed by atoms with van der Waals surface area (Å²) in [6, 6.07) is 13.3. The van der Waals surface area contributed by atoms with Gasteiger partial charge >= 0.3 is 6.09 Å². The lowest BCUT2D eigenvalue weighted by Gasteiger charge is -2.21. The molecule has 0 spiro atoms. The zero-order valence-corrected chi connectivity index (χ0v) is 16.4. The first-order chi connectivity index (χ1) is 14.2. The lowest BCUT2D eigenvalue weighted by Crippen LogP contribution is -2.44. The number of alkyl halides is 2. The molecule has 0 fully saturated rings. The van der Waals surface area contributed by atoms with Gasteiger partial charge < -0.3 is 20.7 Å². The van der Waals surface area contributed by atoms with Gasteiger partial charge in [-0.1, -0.05) is 42.5 Å². The molecule has 0 unspecified atom stereocenters. The summed E-state index contributed by atoms with van der Waals surface area (Å²) in [7, 11) is 0. The number of rotatable bonds is 5. The van der Waals surface area contributed by atoms with E-state index in [-0.39, 0.29) is 0 Å². The van der Waals surface area contributed by atoms with Crippen molar-refractivity contribution in [1.29, 1.82) is 0 Å². The first-order valence-corrected chi connectivity index (χ1v) is 9.27. The molecule has 0 radical (unpaired) electrons. The number of para-hydroxylation sites is 1. The Kier molecular flexibility index (Phi) is 6.00. The molecule has 0 aliphatic carbocycles. The Morgan fingerprint density at radius 3 is 2.47 bits per heavy atom. The number of benzene rings is 2. The number of halogens is 2. The smallest absolute Gasteiger partial charge is 0.408 e. The first kappa shape index (κ1) is 21.2. The molecular formula is C21H21F2N3O4. The highest BCUT2D eigenvalue weighted by atomic mass is 19.3. The van der Waals surface area contributed by atoms with Gasteiger partial charge in [0.2, 0.25) is 0 Å². The number of nitrogens with one attached hydrogen (secondary N) is 3. The van der Waals surface area contributed by atoms with E-state index in [0.717, 1.165) is 11.1 Å². The average Bonchev–Trinajstić information content (AvgIpc) is 2.81. The van der Waals surface area contributed by atoms with Crippen molar-refractivity contribution in [2.75, 3.05) is 11.9 Å². The summed E-state index contributed by atoms with van der Waals surface area (Å²) in [5.41, 5.74) is 2.77. The minimum atomic E-state index is -3.11. The number of carbonyl (C=O) groups excluding carboxylic acids is 3. The topological polar surface area (TPSA) is 96.5 Å². The predicted octanol–water partition coefficient (Wildman–Crippen LogP) is 3.23. The normalized spacial score (nSPS) is 16.3. The van der Waals surface area contributed by atoms with Crippen LogP contribution in [-0.2, 0) is 14.3 Å². The van der Waals surface area contributed by atoms with E-state index in [1.165, 1.54) is 6.92 Å². The van der Waals surface area contributed by atoms with Gasteiger partial charge in [0.05, 0.1) is 6.54 Å². The maximum atomic E-state index is 12.8. The third-order valence-corrected chi connectivity index (χ3v) is 4.49. The Labute approximate surface area is 171 Å². The van der Waals surface area contributed by atoms with Gasteiger partial charge in [-0.3, -0.25) is 9.59 Å². The lowest BCUT2D eigenvalue weighted by molar-refractivity contribution is -0.132. The molecule has 2 atom stereocenters. The van der Waals surface area contributed by atoms with Gasteiger partial charge in [0.25, 0.3) is 17.7 Å². The molecule has 0 aromatic heterocycles. The van der Waals surface area contributed by atoms with Crippen LogP contribution in [0.3, 0.4) is 0 Å². The highest BCUT2D eigenvalue weighted by Crippen LogP contribution is 2.37. The van der Waals surface area contributed by atoms with Gasteiger partial charge in [0.15, 0.2) is 6.10 Å². The van der Waals surface area contributed by atoms with Crippen LogP contribution in [0.15, 0.2) is 48.5 Å². The fourth-order valence-electron chi connectivity index (χ4n) is 3.05. The van der Waals surface area contributed by atoms with Crippen LogP contribution in [-0.4, -0.2) is 36.5 Å². The maximum Gasteiger partial charge on any atom is 0.408 e. The van der Waals surface area contributed by atoms with Crippen LogP contribution in [0.5, 0.6) is 0 Å². The van der Waals surface area contributed by atoms with E-state index in [1.807, 2.05) is 29.6 Å². The predicted molar refractivity (Wildman–Crippen MR) is 106 cm³/mol. The molecule has 0 saturated carbocycles. The fraction of sp³-hybridized carbons (Fsp3) is 0.286.